The summed E-state index contributed by atoms with van der Waals surface area (Å²) in [6, 6.07) is 0. The minimum absolute atomic E-state index is 0.0129. The molecule has 0 aromatic carbocycles. The second-order valence-corrected chi connectivity index (χ2v) is 10.1. The molecule has 2 aliphatic carbocycles. The minimum Gasteiger partial charge on any atom is -0.511 e. The Labute approximate surface area is 181 Å². The van der Waals surface area contributed by atoms with Crippen LogP contribution in [-0.4, -0.2) is 45.2 Å². The fraction of sp³-hybridized carbons (Fsp3) is 0.609. The normalized spacial score (nSPS) is 23.0. The molecule has 2 N–H and O–H groups in total. The van der Waals surface area contributed by atoms with Crippen LogP contribution in [0.2, 0.25) is 0 Å². The molecule has 0 amide bonds. The Morgan fingerprint density at radius 3 is 2.32 bits per heavy atom. The number of aliphatic hydroxyl groups is 1. The zero-order chi connectivity index (χ0) is 23.0. The molecule has 0 saturated heterocycles. The number of rotatable bonds is 6. The van der Waals surface area contributed by atoms with Gasteiger partial charge in [-0.15, -0.1) is 0 Å². The molecule has 2 aliphatic rings. The number of allylic oxidation sites excluding steroid dienone is 2. The molecule has 8 heteroatoms. The number of carboxylic acids is 1. The Morgan fingerprint density at radius 1 is 1.00 bits per heavy atom. The number of aliphatic hydroxyl groups excluding tert-OH is 1. The first kappa shape index (κ1) is 22.9. The maximum absolute atomic E-state index is 12.8. The molecule has 31 heavy (non-hydrogen) atoms. The van der Waals surface area contributed by atoms with Crippen LogP contribution in [0.4, 0.5) is 0 Å². The molecule has 0 bridgehead atoms. The zero-order valence-electron chi connectivity index (χ0n) is 18.6. The van der Waals surface area contributed by atoms with E-state index in [0.29, 0.717) is 42.0 Å². The molecule has 168 valence electrons. The van der Waals surface area contributed by atoms with E-state index < -0.39 is 5.97 Å². The summed E-state index contributed by atoms with van der Waals surface area (Å²) in [5, 5.41) is 23.7. The lowest BCUT2D eigenvalue weighted by atomic mass is 9.73. The van der Waals surface area contributed by atoms with Gasteiger partial charge >= 0.3 is 5.97 Å². The van der Waals surface area contributed by atoms with Crippen molar-refractivity contribution in [2.24, 2.45) is 15.8 Å². The Bertz CT molecular complexity index is 980. The predicted octanol–water partition coefficient (Wildman–Crippen LogP) is 3.88. The van der Waals surface area contributed by atoms with Crippen LogP contribution in [0.25, 0.3) is 0 Å². The number of carbonyl (C=O) groups is 3. The lowest BCUT2D eigenvalue weighted by Crippen LogP contribution is -2.33. The fourth-order valence-electron chi connectivity index (χ4n) is 4.39. The van der Waals surface area contributed by atoms with Crippen molar-refractivity contribution >= 4 is 23.2 Å². The van der Waals surface area contributed by atoms with E-state index in [0.717, 1.165) is 0 Å². The van der Waals surface area contributed by atoms with Crippen molar-refractivity contribution in [2.75, 3.05) is 6.54 Å². The number of fused-ring (bicyclic) bond motifs is 1. The highest BCUT2D eigenvalue weighted by Crippen LogP contribution is 2.38. The molecular formula is C23H30N2O6. The van der Waals surface area contributed by atoms with E-state index in [1.807, 2.05) is 27.7 Å². The van der Waals surface area contributed by atoms with E-state index in [2.05, 4.69) is 10.1 Å². The van der Waals surface area contributed by atoms with Crippen LogP contribution in [0.15, 0.2) is 20.8 Å². The Morgan fingerprint density at radius 2 is 1.65 bits per heavy atom. The van der Waals surface area contributed by atoms with E-state index in [4.69, 9.17) is 9.63 Å². The van der Waals surface area contributed by atoms with E-state index >= 15 is 0 Å². The summed E-state index contributed by atoms with van der Waals surface area (Å²) >= 11 is 0. The van der Waals surface area contributed by atoms with Crippen LogP contribution in [0.1, 0.15) is 81.6 Å². The topological polar surface area (TPSA) is 130 Å². The summed E-state index contributed by atoms with van der Waals surface area (Å²) in [6.07, 6.45) is 2.03. The van der Waals surface area contributed by atoms with E-state index in [9.17, 15) is 19.5 Å². The smallest absolute Gasteiger partial charge is 0.305 e. The largest absolute Gasteiger partial charge is 0.511 e. The van der Waals surface area contributed by atoms with Gasteiger partial charge in [0.25, 0.3) is 0 Å². The Balaban J connectivity index is 1.83. The number of hydrogen-bond donors (Lipinski definition) is 2. The molecule has 0 unspecified atom stereocenters. The van der Waals surface area contributed by atoms with Gasteiger partial charge in [0.05, 0.1) is 23.3 Å². The Hall–Kier alpha value is -2.77. The van der Waals surface area contributed by atoms with Gasteiger partial charge in [-0.25, -0.2) is 0 Å². The third kappa shape index (κ3) is 5.29. The number of aliphatic carboxylic acids is 1. The van der Waals surface area contributed by atoms with Gasteiger partial charge < -0.3 is 14.7 Å². The van der Waals surface area contributed by atoms with Crippen molar-refractivity contribution in [2.45, 2.75) is 72.6 Å². The van der Waals surface area contributed by atoms with Gasteiger partial charge in [0, 0.05) is 44.4 Å². The maximum atomic E-state index is 12.8. The second kappa shape index (κ2) is 8.40. The molecule has 1 saturated carbocycles. The number of ketones is 2. The van der Waals surface area contributed by atoms with Gasteiger partial charge in [-0.1, -0.05) is 32.9 Å². The highest BCUT2D eigenvalue weighted by Gasteiger charge is 2.38. The van der Waals surface area contributed by atoms with Gasteiger partial charge in [0.15, 0.2) is 11.6 Å². The number of carbonyl (C=O) groups excluding carboxylic acids is 2. The number of nitrogens with zero attached hydrogens (tertiary/aromatic N) is 2. The van der Waals surface area contributed by atoms with Gasteiger partial charge in [-0.05, 0) is 17.3 Å². The van der Waals surface area contributed by atoms with Crippen molar-refractivity contribution in [3.63, 3.8) is 0 Å². The van der Waals surface area contributed by atoms with E-state index in [1.54, 1.807) is 0 Å². The summed E-state index contributed by atoms with van der Waals surface area (Å²) in [4.78, 5) is 40.5. The van der Waals surface area contributed by atoms with Crippen LogP contribution in [-0.2, 0) is 22.4 Å². The average Bonchev–Trinajstić information content (AvgIpc) is 2.99. The summed E-state index contributed by atoms with van der Waals surface area (Å²) in [7, 11) is 0. The molecule has 8 nitrogen and oxygen atoms in total. The van der Waals surface area contributed by atoms with Gasteiger partial charge in [0.1, 0.15) is 11.5 Å². The number of hydrogen-bond acceptors (Lipinski definition) is 7. The Kier molecular flexibility index (Phi) is 6.21. The summed E-state index contributed by atoms with van der Waals surface area (Å²) in [6.45, 7) is 7.95. The third-order valence-corrected chi connectivity index (χ3v) is 5.76. The first-order valence-corrected chi connectivity index (χ1v) is 10.6. The van der Waals surface area contributed by atoms with Crippen LogP contribution in [0.5, 0.6) is 0 Å². The molecular weight excluding hydrogens is 400 g/mol. The molecule has 0 atom stereocenters. The van der Waals surface area contributed by atoms with Crippen LogP contribution in [0.3, 0.4) is 0 Å². The van der Waals surface area contributed by atoms with Crippen molar-refractivity contribution in [1.29, 1.82) is 0 Å². The number of aromatic nitrogens is 1. The molecule has 3 rings (SSSR count). The predicted molar refractivity (Wildman–Crippen MR) is 113 cm³/mol. The van der Waals surface area contributed by atoms with Crippen molar-refractivity contribution < 1.29 is 29.1 Å². The number of Topliss-reactive ketones (excluding diaryl/α,β-unsaturated/α-hetero) is 2. The molecule has 0 spiro atoms. The summed E-state index contributed by atoms with van der Waals surface area (Å²) < 4.78 is 5.40. The summed E-state index contributed by atoms with van der Waals surface area (Å²) in [5.74, 6) is -0.710. The van der Waals surface area contributed by atoms with Crippen LogP contribution in [0, 0.1) is 10.8 Å². The molecule has 1 aromatic heterocycles. The second-order valence-electron chi connectivity index (χ2n) is 10.1. The highest BCUT2D eigenvalue weighted by molar-refractivity contribution is 6.24. The number of carboxylic acid groups (broad SMARTS) is 1. The van der Waals surface area contributed by atoms with Crippen molar-refractivity contribution in [3.8, 4) is 0 Å². The standard InChI is InChI=1S/C23H30N2O6/c1-22(2)9-14(24-8-7-19(29)30)20(16(27)10-22)15(26)6-5-13-21-17(28)11-23(3,4)12-18(21)31-25-13/h26H,5-12H2,1-4H3,(H,29,30). The molecule has 1 aromatic rings. The lowest BCUT2D eigenvalue weighted by molar-refractivity contribution is -0.136. The summed E-state index contributed by atoms with van der Waals surface area (Å²) in [5.41, 5.74) is 1.13. The minimum atomic E-state index is -0.968. The molecule has 1 fully saturated rings. The molecule has 0 aliphatic heterocycles. The van der Waals surface area contributed by atoms with Gasteiger partial charge in [-0.2, -0.15) is 0 Å². The number of aliphatic imine (C=N–C) groups is 1. The first-order valence-electron chi connectivity index (χ1n) is 10.6. The first-order chi connectivity index (χ1) is 14.4. The molecule has 0 radical (unpaired) electrons. The number of aryl methyl sites for hydroxylation is 1. The van der Waals surface area contributed by atoms with Gasteiger partial charge in [-0.3, -0.25) is 19.4 Å². The maximum Gasteiger partial charge on any atom is 0.305 e. The monoisotopic (exact) mass is 430 g/mol. The van der Waals surface area contributed by atoms with Crippen LogP contribution >= 0.6 is 0 Å². The lowest BCUT2D eigenvalue weighted by Gasteiger charge is -2.31. The fourth-order valence-corrected chi connectivity index (χ4v) is 4.39. The van der Waals surface area contributed by atoms with Crippen LogP contribution < -0.4 is 0 Å². The SMILES string of the molecule is CC1(C)CC(=O)C(=C(O)CCc2noc3c2C(=O)CC(C)(C)C3)C(=NCCC(=O)O)C1. The van der Waals surface area contributed by atoms with Crippen molar-refractivity contribution in [3.05, 3.63) is 28.3 Å². The highest BCUT2D eigenvalue weighted by atomic mass is 16.5. The average molecular weight is 431 g/mol. The third-order valence-electron chi connectivity index (χ3n) is 5.76. The quantitative estimate of drug-likeness (QED) is 0.517. The zero-order valence-corrected chi connectivity index (χ0v) is 18.6. The van der Waals surface area contributed by atoms with Gasteiger partial charge in [0.2, 0.25) is 0 Å². The molecule has 1 heterocycles. The van der Waals surface area contributed by atoms with E-state index in [1.165, 1.54) is 0 Å². The van der Waals surface area contributed by atoms with E-state index in [-0.39, 0.29) is 66.0 Å². The van der Waals surface area contributed by atoms with Crippen molar-refractivity contribution in [1.82, 2.24) is 5.16 Å².